The van der Waals surface area contributed by atoms with Crippen LogP contribution in [0.15, 0.2) is 0 Å². The quantitative estimate of drug-likeness (QED) is 0.734. The molecule has 0 radical (unpaired) electrons. The summed E-state index contributed by atoms with van der Waals surface area (Å²) in [6.45, 7) is 9.48. The Morgan fingerprint density at radius 3 is 2.71 bits per heavy atom. The minimum atomic E-state index is -0.148. The molecule has 0 aromatic carbocycles. The van der Waals surface area contributed by atoms with Gasteiger partial charge in [-0.15, -0.1) is 11.6 Å². The smallest absolute Gasteiger partial charge is 0.0615 e. The first-order valence-electron chi connectivity index (χ1n) is 5.42. The molecule has 0 saturated carbocycles. The molecule has 1 fully saturated rings. The number of alkyl halides is 1. The number of piperidine rings is 1. The Morgan fingerprint density at radius 2 is 2.21 bits per heavy atom. The van der Waals surface area contributed by atoms with Crippen LogP contribution >= 0.6 is 11.6 Å². The number of aliphatic hydroxyl groups is 1. The van der Waals surface area contributed by atoms with E-state index < -0.39 is 0 Å². The third-order valence-electron chi connectivity index (χ3n) is 3.09. The first-order chi connectivity index (χ1) is 6.45. The van der Waals surface area contributed by atoms with Gasteiger partial charge in [0.2, 0.25) is 0 Å². The third-order valence-corrected chi connectivity index (χ3v) is 3.61. The van der Waals surface area contributed by atoms with Gasteiger partial charge >= 0.3 is 0 Å². The fraction of sp³-hybridized carbons (Fsp3) is 1.00. The van der Waals surface area contributed by atoms with Gasteiger partial charge in [0.1, 0.15) is 0 Å². The van der Waals surface area contributed by atoms with Crippen LogP contribution in [0.5, 0.6) is 0 Å². The summed E-state index contributed by atoms with van der Waals surface area (Å²) in [6, 6.07) is 0. The van der Waals surface area contributed by atoms with Crippen LogP contribution in [-0.2, 0) is 0 Å². The van der Waals surface area contributed by atoms with Crippen molar-refractivity contribution in [2.75, 3.05) is 25.5 Å². The molecule has 84 valence electrons. The van der Waals surface area contributed by atoms with Crippen molar-refractivity contribution in [3.8, 4) is 0 Å². The lowest BCUT2D eigenvalue weighted by molar-refractivity contribution is -0.0272. The van der Waals surface area contributed by atoms with Crippen molar-refractivity contribution in [2.24, 2.45) is 11.3 Å². The van der Waals surface area contributed by atoms with Crippen LogP contribution in [0.2, 0.25) is 0 Å². The lowest BCUT2D eigenvalue weighted by atomic mass is 9.81. The molecule has 1 aliphatic heterocycles. The Morgan fingerprint density at radius 1 is 1.57 bits per heavy atom. The Bertz CT molecular complexity index is 184. The molecule has 1 N–H and O–H groups in total. The zero-order valence-corrected chi connectivity index (χ0v) is 10.2. The molecule has 0 aliphatic carbocycles. The maximum absolute atomic E-state index is 9.79. The first kappa shape index (κ1) is 12.3. The Hall–Kier alpha value is 0.210. The van der Waals surface area contributed by atoms with E-state index in [1.165, 1.54) is 0 Å². The highest BCUT2D eigenvalue weighted by molar-refractivity contribution is 6.18. The number of likely N-dealkylation sites (tertiary alicyclic amines) is 1. The molecule has 0 aromatic rings. The minimum absolute atomic E-state index is 0.0320. The van der Waals surface area contributed by atoms with Crippen LogP contribution in [0.3, 0.4) is 0 Å². The van der Waals surface area contributed by atoms with Gasteiger partial charge in [0.05, 0.1) is 6.10 Å². The molecular formula is C11H22ClNO. The van der Waals surface area contributed by atoms with Gasteiger partial charge in [0.25, 0.3) is 0 Å². The molecule has 0 spiro atoms. The van der Waals surface area contributed by atoms with Crippen molar-refractivity contribution in [2.45, 2.75) is 33.3 Å². The predicted molar refractivity (Wildman–Crippen MR) is 60.7 cm³/mol. The molecule has 1 saturated heterocycles. The fourth-order valence-electron chi connectivity index (χ4n) is 2.10. The normalized spacial score (nSPS) is 30.2. The van der Waals surface area contributed by atoms with E-state index in [0.29, 0.717) is 5.92 Å². The topological polar surface area (TPSA) is 23.5 Å². The molecule has 0 amide bonds. The standard InChI is InChI=1S/C11H22ClNO/c1-9(6-12)7-13-5-4-10(14)11(2,3)8-13/h9-10,14H,4-8H2,1-3H3. The van der Waals surface area contributed by atoms with Crippen LogP contribution < -0.4 is 0 Å². The number of hydrogen-bond donors (Lipinski definition) is 1. The molecule has 14 heavy (non-hydrogen) atoms. The van der Waals surface area contributed by atoms with E-state index in [1.807, 2.05) is 0 Å². The van der Waals surface area contributed by atoms with Crippen molar-refractivity contribution in [1.82, 2.24) is 4.90 Å². The largest absolute Gasteiger partial charge is 0.392 e. The van der Waals surface area contributed by atoms with E-state index in [0.717, 1.165) is 31.9 Å². The second kappa shape index (κ2) is 4.82. The van der Waals surface area contributed by atoms with Crippen molar-refractivity contribution in [3.63, 3.8) is 0 Å². The molecule has 2 atom stereocenters. The number of hydrogen-bond acceptors (Lipinski definition) is 2. The summed E-state index contributed by atoms with van der Waals surface area (Å²) >= 11 is 5.79. The van der Waals surface area contributed by atoms with Crippen LogP contribution in [0.4, 0.5) is 0 Å². The highest BCUT2D eigenvalue weighted by Gasteiger charge is 2.34. The van der Waals surface area contributed by atoms with Crippen LogP contribution in [0.1, 0.15) is 27.2 Å². The predicted octanol–water partition coefficient (Wildman–Crippen LogP) is 1.95. The summed E-state index contributed by atoms with van der Waals surface area (Å²) in [4.78, 5) is 2.42. The average molecular weight is 220 g/mol. The first-order valence-corrected chi connectivity index (χ1v) is 5.95. The van der Waals surface area contributed by atoms with E-state index in [9.17, 15) is 5.11 Å². The van der Waals surface area contributed by atoms with Crippen LogP contribution in [0.25, 0.3) is 0 Å². The number of aliphatic hydroxyl groups excluding tert-OH is 1. The maximum Gasteiger partial charge on any atom is 0.0615 e. The molecule has 1 rings (SSSR count). The van der Waals surface area contributed by atoms with E-state index >= 15 is 0 Å². The van der Waals surface area contributed by atoms with Gasteiger partial charge in [0, 0.05) is 30.9 Å². The van der Waals surface area contributed by atoms with Gasteiger partial charge < -0.3 is 10.0 Å². The van der Waals surface area contributed by atoms with E-state index in [1.54, 1.807) is 0 Å². The van der Waals surface area contributed by atoms with Gasteiger partial charge in [-0.25, -0.2) is 0 Å². The fourth-order valence-corrected chi connectivity index (χ4v) is 2.20. The van der Waals surface area contributed by atoms with Gasteiger partial charge in [-0.1, -0.05) is 20.8 Å². The van der Waals surface area contributed by atoms with Crippen LogP contribution in [-0.4, -0.2) is 41.6 Å². The van der Waals surface area contributed by atoms with Gasteiger partial charge in [0.15, 0.2) is 0 Å². The highest BCUT2D eigenvalue weighted by atomic mass is 35.5. The lowest BCUT2D eigenvalue weighted by Crippen LogP contribution is -2.49. The van der Waals surface area contributed by atoms with E-state index in [2.05, 4.69) is 25.7 Å². The molecule has 1 heterocycles. The van der Waals surface area contributed by atoms with Gasteiger partial charge in [-0.05, 0) is 12.3 Å². The van der Waals surface area contributed by atoms with Crippen molar-refractivity contribution >= 4 is 11.6 Å². The zero-order chi connectivity index (χ0) is 10.8. The lowest BCUT2D eigenvalue weighted by Gasteiger charge is -2.42. The minimum Gasteiger partial charge on any atom is -0.392 e. The second-order valence-electron chi connectivity index (χ2n) is 5.29. The number of rotatable bonds is 3. The molecule has 3 heteroatoms. The summed E-state index contributed by atoms with van der Waals surface area (Å²) in [5, 5.41) is 9.79. The highest BCUT2D eigenvalue weighted by Crippen LogP contribution is 2.29. The second-order valence-corrected chi connectivity index (χ2v) is 5.60. The molecule has 0 bridgehead atoms. The SMILES string of the molecule is CC(CCl)CN1CCC(O)C(C)(C)C1. The number of nitrogens with zero attached hydrogens (tertiary/aromatic N) is 1. The van der Waals surface area contributed by atoms with Gasteiger partial charge in [-0.2, -0.15) is 0 Å². The molecule has 1 aliphatic rings. The Kier molecular flexibility index (Phi) is 4.23. The van der Waals surface area contributed by atoms with Crippen molar-refractivity contribution in [3.05, 3.63) is 0 Å². The Labute approximate surface area is 92.2 Å². The summed E-state index contributed by atoms with van der Waals surface area (Å²) in [6.07, 6.45) is 0.743. The maximum atomic E-state index is 9.79. The molecule has 2 unspecified atom stereocenters. The summed E-state index contributed by atoms with van der Waals surface area (Å²) in [7, 11) is 0. The summed E-state index contributed by atoms with van der Waals surface area (Å²) in [5.41, 5.74) is 0.0320. The summed E-state index contributed by atoms with van der Waals surface area (Å²) in [5.74, 6) is 1.27. The van der Waals surface area contributed by atoms with E-state index in [-0.39, 0.29) is 11.5 Å². The van der Waals surface area contributed by atoms with Crippen molar-refractivity contribution in [1.29, 1.82) is 0 Å². The molecule has 0 aromatic heterocycles. The van der Waals surface area contributed by atoms with Crippen LogP contribution in [0, 0.1) is 11.3 Å². The molecular weight excluding hydrogens is 198 g/mol. The monoisotopic (exact) mass is 219 g/mol. The molecule has 2 nitrogen and oxygen atoms in total. The van der Waals surface area contributed by atoms with Gasteiger partial charge in [-0.3, -0.25) is 0 Å². The Balaban J connectivity index is 2.43. The van der Waals surface area contributed by atoms with Crippen molar-refractivity contribution < 1.29 is 5.11 Å². The van der Waals surface area contributed by atoms with E-state index in [4.69, 9.17) is 11.6 Å². The summed E-state index contributed by atoms with van der Waals surface area (Å²) < 4.78 is 0. The average Bonchev–Trinajstić information content (AvgIpc) is 2.11. The third kappa shape index (κ3) is 3.11. The zero-order valence-electron chi connectivity index (χ0n) is 9.46. The number of halogens is 1.